The van der Waals surface area contributed by atoms with Crippen molar-refractivity contribution in [3.8, 4) is 17.2 Å². The Morgan fingerprint density at radius 3 is 2.68 bits per heavy atom. The molecular formula is C22H25F2N7. The Bertz CT molecular complexity index is 1210. The van der Waals surface area contributed by atoms with Crippen LogP contribution in [0.3, 0.4) is 0 Å². The van der Waals surface area contributed by atoms with E-state index < -0.39 is 11.7 Å². The van der Waals surface area contributed by atoms with Crippen LogP contribution in [0.4, 0.5) is 20.3 Å². The monoisotopic (exact) mass is 425 g/mol. The Kier molecular flexibility index (Phi) is 4.85. The number of pyridine rings is 1. The number of alkyl halides is 2. The number of likely N-dealkylation sites (N-methyl/N-ethyl adjacent to an activating group) is 1. The predicted molar refractivity (Wildman–Crippen MR) is 116 cm³/mol. The number of hydrogen-bond donors (Lipinski definition) is 2. The fourth-order valence-corrected chi connectivity index (χ4v) is 4.19. The smallest absolute Gasteiger partial charge is 0.305 e. The lowest BCUT2D eigenvalue weighted by Crippen LogP contribution is -2.42. The lowest BCUT2D eigenvalue weighted by Gasteiger charge is -2.28. The van der Waals surface area contributed by atoms with Crippen LogP contribution < -0.4 is 16.0 Å². The molecule has 0 radical (unpaired) electrons. The van der Waals surface area contributed by atoms with Gasteiger partial charge in [-0.2, -0.15) is 18.6 Å². The zero-order valence-corrected chi connectivity index (χ0v) is 18.0. The van der Waals surface area contributed by atoms with E-state index in [2.05, 4.69) is 33.3 Å². The second-order valence-corrected chi connectivity index (χ2v) is 8.48. The van der Waals surface area contributed by atoms with Gasteiger partial charge in [0, 0.05) is 36.8 Å². The van der Waals surface area contributed by atoms with Gasteiger partial charge in [-0.05, 0) is 50.6 Å². The van der Waals surface area contributed by atoms with E-state index in [1.165, 1.54) is 4.52 Å². The molecule has 0 spiro atoms. The number of halogens is 2. The Labute approximate surface area is 179 Å². The number of nitriles is 1. The second kappa shape index (κ2) is 7.17. The highest BCUT2D eigenvalue weighted by Crippen LogP contribution is 2.40. The van der Waals surface area contributed by atoms with Crippen molar-refractivity contribution in [1.82, 2.24) is 19.9 Å². The van der Waals surface area contributed by atoms with E-state index in [1.807, 2.05) is 32.2 Å². The maximum atomic E-state index is 14.1. The molecule has 0 aliphatic carbocycles. The molecule has 7 nitrogen and oxygen atoms in total. The SMILES string of the molecule is CN[C@@]1(C)CCN(c2c(-c3cccc(N)c3)c(C)c(C#N)c3nc(C(C)(F)F)nn23)C1. The lowest BCUT2D eigenvalue weighted by atomic mass is 9.97. The highest BCUT2D eigenvalue weighted by Gasteiger charge is 2.37. The van der Waals surface area contributed by atoms with E-state index >= 15 is 0 Å². The minimum atomic E-state index is -3.23. The number of fused-ring (bicyclic) bond motifs is 1. The van der Waals surface area contributed by atoms with Crippen LogP contribution in [0.5, 0.6) is 0 Å². The van der Waals surface area contributed by atoms with E-state index in [0.717, 1.165) is 24.5 Å². The fourth-order valence-electron chi connectivity index (χ4n) is 4.19. The van der Waals surface area contributed by atoms with Crippen molar-refractivity contribution >= 4 is 17.2 Å². The van der Waals surface area contributed by atoms with Gasteiger partial charge in [0.1, 0.15) is 17.5 Å². The predicted octanol–water partition coefficient (Wildman–Crippen LogP) is 3.46. The number of hydrogen-bond acceptors (Lipinski definition) is 6. The maximum Gasteiger partial charge on any atom is 0.305 e. The van der Waals surface area contributed by atoms with Crippen molar-refractivity contribution in [3.05, 3.63) is 41.2 Å². The molecule has 0 bridgehead atoms. The quantitative estimate of drug-likeness (QED) is 0.622. The lowest BCUT2D eigenvalue weighted by molar-refractivity contribution is 0.00801. The summed E-state index contributed by atoms with van der Waals surface area (Å²) in [7, 11) is 1.91. The highest BCUT2D eigenvalue weighted by atomic mass is 19.3. The molecule has 0 unspecified atom stereocenters. The Balaban J connectivity index is 2.09. The second-order valence-electron chi connectivity index (χ2n) is 8.48. The number of aromatic nitrogens is 3. The molecule has 1 fully saturated rings. The number of nitrogens with zero attached hydrogens (tertiary/aromatic N) is 5. The van der Waals surface area contributed by atoms with Crippen molar-refractivity contribution in [2.24, 2.45) is 0 Å². The van der Waals surface area contributed by atoms with Gasteiger partial charge in [0.2, 0.25) is 5.82 Å². The highest BCUT2D eigenvalue weighted by molar-refractivity contribution is 5.86. The van der Waals surface area contributed by atoms with Crippen LogP contribution in [0.1, 0.15) is 37.2 Å². The van der Waals surface area contributed by atoms with Gasteiger partial charge in [0.15, 0.2) is 5.65 Å². The van der Waals surface area contributed by atoms with Crippen LogP contribution in [-0.4, -0.2) is 40.3 Å². The van der Waals surface area contributed by atoms with Gasteiger partial charge >= 0.3 is 5.92 Å². The van der Waals surface area contributed by atoms with E-state index in [1.54, 1.807) is 6.07 Å². The molecular weight excluding hydrogens is 400 g/mol. The number of nitrogens with one attached hydrogen (secondary N) is 1. The molecule has 3 aromatic rings. The van der Waals surface area contributed by atoms with Gasteiger partial charge in [0.05, 0.1) is 0 Å². The molecule has 162 valence electrons. The minimum absolute atomic E-state index is 0.136. The third kappa shape index (κ3) is 3.47. The van der Waals surface area contributed by atoms with Crippen molar-refractivity contribution in [2.45, 2.75) is 38.7 Å². The van der Waals surface area contributed by atoms with Crippen LogP contribution >= 0.6 is 0 Å². The molecule has 1 saturated heterocycles. The van der Waals surface area contributed by atoms with Crippen molar-refractivity contribution in [2.75, 3.05) is 30.8 Å². The minimum Gasteiger partial charge on any atom is -0.399 e. The summed E-state index contributed by atoms with van der Waals surface area (Å²) in [4.78, 5) is 6.18. The maximum absolute atomic E-state index is 14.1. The summed E-state index contributed by atoms with van der Waals surface area (Å²) in [6.07, 6.45) is 0.867. The van der Waals surface area contributed by atoms with Gasteiger partial charge in [0.25, 0.3) is 0 Å². The van der Waals surface area contributed by atoms with Crippen molar-refractivity contribution in [3.63, 3.8) is 0 Å². The molecule has 3 N–H and O–H groups in total. The van der Waals surface area contributed by atoms with E-state index in [9.17, 15) is 14.0 Å². The summed E-state index contributed by atoms with van der Waals surface area (Å²) in [5.74, 6) is -3.20. The summed E-state index contributed by atoms with van der Waals surface area (Å²) in [6, 6.07) is 9.47. The first-order valence-corrected chi connectivity index (χ1v) is 10.1. The Morgan fingerprint density at radius 1 is 1.35 bits per heavy atom. The van der Waals surface area contributed by atoms with Crippen molar-refractivity contribution < 1.29 is 8.78 Å². The van der Waals surface area contributed by atoms with Crippen LogP contribution in [0.15, 0.2) is 24.3 Å². The topological polar surface area (TPSA) is 95.3 Å². The first-order valence-electron chi connectivity index (χ1n) is 10.1. The molecule has 1 aliphatic heterocycles. The molecule has 1 aliphatic rings. The third-order valence-corrected chi connectivity index (χ3v) is 6.06. The zero-order valence-electron chi connectivity index (χ0n) is 18.0. The summed E-state index contributed by atoms with van der Waals surface area (Å²) >= 11 is 0. The molecule has 0 saturated carbocycles. The number of anilines is 2. The zero-order chi connectivity index (χ0) is 22.6. The first-order chi connectivity index (χ1) is 14.6. The van der Waals surface area contributed by atoms with E-state index in [4.69, 9.17) is 5.73 Å². The summed E-state index contributed by atoms with van der Waals surface area (Å²) in [5, 5.41) is 17.4. The average Bonchev–Trinajstić information content (AvgIpc) is 3.32. The van der Waals surface area contributed by atoms with Crippen molar-refractivity contribution in [1.29, 1.82) is 5.26 Å². The number of nitrogen functional groups attached to an aromatic ring is 1. The molecule has 2 aromatic heterocycles. The van der Waals surface area contributed by atoms with E-state index in [0.29, 0.717) is 30.2 Å². The first kappa shape index (κ1) is 21.0. The van der Waals surface area contributed by atoms with Crippen LogP contribution in [0.25, 0.3) is 16.8 Å². The average molecular weight is 425 g/mol. The molecule has 3 heterocycles. The van der Waals surface area contributed by atoms with Crippen LogP contribution in [-0.2, 0) is 5.92 Å². The van der Waals surface area contributed by atoms with E-state index in [-0.39, 0.29) is 16.7 Å². The Morgan fingerprint density at radius 2 is 2.10 bits per heavy atom. The summed E-state index contributed by atoms with van der Waals surface area (Å²) < 4.78 is 29.7. The Hall–Kier alpha value is -3.25. The largest absolute Gasteiger partial charge is 0.399 e. The third-order valence-electron chi connectivity index (χ3n) is 6.06. The molecule has 0 amide bonds. The van der Waals surface area contributed by atoms with Crippen LogP contribution in [0.2, 0.25) is 0 Å². The summed E-state index contributed by atoms with van der Waals surface area (Å²) in [5.41, 5.74) is 9.02. The van der Waals surface area contributed by atoms with Gasteiger partial charge in [-0.15, -0.1) is 5.10 Å². The number of nitrogens with two attached hydrogens (primary N) is 1. The molecule has 9 heteroatoms. The molecule has 1 aromatic carbocycles. The number of benzene rings is 1. The fraction of sp³-hybridized carbons (Fsp3) is 0.409. The van der Waals surface area contributed by atoms with Gasteiger partial charge < -0.3 is 16.0 Å². The van der Waals surface area contributed by atoms with Crippen LogP contribution in [0, 0.1) is 18.3 Å². The van der Waals surface area contributed by atoms with Gasteiger partial charge in [-0.1, -0.05) is 12.1 Å². The summed E-state index contributed by atoms with van der Waals surface area (Å²) in [6.45, 7) is 6.04. The standard InChI is InChI=1S/C22H25F2N7/c1-13-16(11-25)18-28-20(22(3,23)24)29-31(18)19(30-9-8-21(2,12-30)27-4)17(13)14-6-5-7-15(26)10-14/h5-7,10,27H,8-9,12,26H2,1-4H3/t21-/m0/s1. The van der Waals surface area contributed by atoms with Gasteiger partial charge in [-0.3, -0.25) is 0 Å². The number of rotatable bonds is 4. The van der Waals surface area contributed by atoms with Gasteiger partial charge in [-0.25, -0.2) is 4.98 Å². The molecule has 4 rings (SSSR count). The molecule has 1 atom stereocenters. The molecule has 31 heavy (non-hydrogen) atoms. The normalized spacial score (nSPS) is 19.2.